The van der Waals surface area contributed by atoms with Crippen molar-refractivity contribution in [3.05, 3.63) is 10.5 Å². The van der Waals surface area contributed by atoms with Crippen LogP contribution >= 0.6 is 11.8 Å². The van der Waals surface area contributed by atoms with Gasteiger partial charge in [0.15, 0.2) is 0 Å². The zero-order chi connectivity index (χ0) is 21.2. The molecule has 2 amide bonds. The molecule has 8 nitrogen and oxygen atoms in total. The van der Waals surface area contributed by atoms with Crippen molar-refractivity contribution < 1.29 is 24.2 Å². The summed E-state index contributed by atoms with van der Waals surface area (Å²) in [6.45, 7) is 11.4. The van der Waals surface area contributed by atoms with E-state index in [0.717, 1.165) is 11.8 Å². The van der Waals surface area contributed by atoms with Gasteiger partial charge in [0.25, 0.3) is 0 Å². The minimum absolute atomic E-state index is 0.201. The van der Waals surface area contributed by atoms with Crippen molar-refractivity contribution in [2.24, 2.45) is 5.41 Å². The summed E-state index contributed by atoms with van der Waals surface area (Å²) in [5, 5.41) is 23.3. The number of carbonyl (C=O) groups excluding carboxylic acids is 2. The fraction of sp³-hybridized carbons (Fsp3) is 0.667. The van der Waals surface area contributed by atoms with E-state index in [-0.39, 0.29) is 11.3 Å². The van der Waals surface area contributed by atoms with Gasteiger partial charge < -0.3 is 20.5 Å². The highest BCUT2D eigenvalue weighted by Gasteiger charge is 2.53. The Kier molecular flexibility index (Phi) is 6.60. The molecular weight excluding hydrogens is 370 g/mol. The van der Waals surface area contributed by atoms with Crippen molar-refractivity contribution in [1.29, 1.82) is 5.26 Å². The molecule has 0 aliphatic carbocycles. The molecule has 0 spiro atoms. The number of nitrogens with one attached hydrogen (secondary N) is 2. The van der Waals surface area contributed by atoms with E-state index in [1.807, 2.05) is 6.07 Å². The lowest BCUT2D eigenvalue weighted by Crippen LogP contribution is -2.58. The van der Waals surface area contributed by atoms with Crippen LogP contribution in [0.4, 0.5) is 4.79 Å². The van der Waals surface area contributed by atoms with Crippen LogP contribution in [0.3, 0.4) is 0 Å². The topological polar surface area (TPSA) is 129 Å². The van der Waals surface area contributed by atoms with E-state index in [4.69, 9.17) is 4.74 Å². The number of aliphatic carboxylic acids is 1. The summed E-state index contributed by atoms with van der Waals surface area (Å²) in [6.07, 6.45) is 0.201. The van der Waals surface area contributed by atoms with Crippen molar-refractivity contribution in [3.8, 4) is 6.07 Å². The number of ether oxygens (including phenoxy) is 1. The van der Waals surface area contributed by atoms with Crippen LogP contribution in [0.25, 0.3) is 0 Å². The average Bonchev–Trinajstić information content (AvgIpc) is 2.77. The standard InChI is InChI=1S/C18H27N3O5S/c1-8-18(13(22)23)10(2)11(9-19)27-12(18)20-15(25)21-17(6,7)14(24)26-16(3,4)5/h12H,8H2,1-7H3,(H,22,23)(H2,20,21,25). The maximum atomic E-state index is 12.5. The first kappa shape index (κ1) is 22.8. The monoisotopic (exact) mass is 397 g/mol. The van der Waals surface area contributed by atoms with E-state index in [1.165, 1.54) is 13.8 Å². The highest BCUT2D eigenvalue weighted by atomic mass is 32.2. The van der Waals surface area contributed by atoms with E-state index >= 15 is 0 Å². The van der Waals surface area contributed by atoms with E-state index in [9.17, 15) is 24.8 Å². The number of urea groups is 1. The van der Waals surface area contributed by atoms with Gasteiger partial charge in [-0.3, -0.25) is 4.79 Å². The lowest BCUT2D eigenvalue weighted by atomic mass is 9.78. The quantitative estimate of drug-likeness (QED) is 0.608. The molecule has 0 aromatic heterocycles. The number of carboxylic acids is 1. The molecule has 1 heterocycles. The summed E-state index contributed by atoms with van der Waals surface area (Å²) >= 11 is 1.00. The predicted molar refractivity (Wildman–Crippen MR) is 102 cm³/mol. The summed E-state index contributed by atoms with van der Waals surface area (Å²) in [6, 6.07) is 1.27. The largest absolute Gasteiger partial charge is 0.481 e. The zero-order valence-electron chi connectivity index (χ0n) is 16.7. The van der Waals surface area contributed by atoms with Crippen molar-refractivity contribution in [2.75, 3.05) is 0 Å². The molecule has 2 unspecified atom stereocenters. The van der Waals surface area contributed by atoms with E-state index in [2.05, 4.69) is 10.6 Å². The SMILES string of the molecule is CCC1(C(=O)O)C(C)=C(C#N)SC1NC(=O)NC(C)(C)C(=O)OC(C)(C)C. The summed E-state index contributed by atoms with van der Waals surface area (Å²) in [5.74, 6) is -1.73. The van der Waals surface area contributed by atoms with Gasteiger partial charge in [-0.05, 0) is 53.5 Å². The molecule has 0 fully saturated rings. The van der Waals surface area contributed by atoms with Crippen LogP contribution in [0.5, 0.6) is 0 Å². The maximum Gasteiger partial charge on any atom is 0.331 e. The van der Waals surface area contributed by atoms with Gasteiger partial charge in [-0.15, -0.1) is 0 Å². The lowest BCUT2D eigenvalue weighted by molar-refractivity contribution is -0.161. The molecule has 0 saturated carbocycles. The summed E-state index contributed by atoms with van der Waals surface area (Å²) in [5.41, 5.74) is -3.00. The van der Waals surface area contributed by atoms with Gasteiger partial charge in [-0.25, -0.2) is 9.59 Å². The van der Waals surface area contributed by atoms with Gasteiger partial charge in [0.2, 0.25) is 0 Å². The number of esters is 1. The maximum absolute atomic E-state index is 12.5. The lowest BCUT2D eigenvalue weighted by Gasteiger charge is -2.33. The van der Waals surface area contributed by atoms with Gasteiger partial charge in [0.1, 0.15) is 28.0 Å². The second-order valence-corrected chi connectivity index (χ2v) is 9.03. The normalized spacial score (nSPS) is 22.8. The van der Waals surface area contributed by atoms with Crippen molar-refractivity contribution in [2.45, 2.75) is 71.4 Å². The molecule has 0 radical (unpaired) electrons. The number of hydrogen-bond acceptors (Lipinski definition) is 6. The molecule has 2 atom stereocenters. The molecule has 0 bridgehead atoms. The second-order valence-electron chi connectivity index (χ2n) is 7.92. The molecule has 1 aliphatic rings. The first-order chi connectivity index (χ1) is 12.2. The molecule has 150 valence electrons. The van der Waals surface area contributed by atoms with Crippen LogP contribution in [-0.4, -0.2) is 39.6 Å². The minimum atomic E-state index is -1.39. The number of carbonyl (C=O) groups is 3. The first-order valence-corrected chi connectivity index (χ1v) is 9.43. The molecule has 1 aliphatic heterocycles. The van der Waals surface area contributed by atoms with Crippen LogP contribution in [-0.2, 0) is 14.3 Å². The van der Waals surface area contributed by atoms with Crippen LogP contribution in [0.15, 0.2) is 10.5 Å². The summed E-state index contributed by atoms with van der Waals surface area (Å²) in [7, 11) is 0. The molecule has 0 saturated heterocycles. The van der Waals surface area contributed by atoms with Crippen LogP contribution in [0.2, 0.25) is 0 Å². The average molecular weight is 397 g/mol. The van der Waals surface area contributed by atoms with E-state index in [1.54, 1.807) is 34.6 Å². The fourth-order valence-corrected chi connectivity index (χ4v) is 4.20. The van der Waals surface area contributed by atoms with Crippen molar-refractivity contribution >= 4 is 29.7 Å². The number of carboxylic acid groups (broad SMARTS) is 1. The first-order valence-electron chi connectivity index (χ1n) is 8.55. The molecule has 27 heavy (non-hydrogen) atoms. The van der Waals surface area contributed by atoms with E-state index in [0.29, 0.717) is 5.57 Å². The number of hydrogen-bond donors (Lipinski definition) is 3. The number of thioether (sulfide) groups is 1. The smallest absolute Gasteiger partial charge is 0.331 e. The Hall–Kier alpha value is -2.21. The minimum Gasteiger partial charge on any atom is -0.481 e. The van der Waals surface area contributed by atoms with Crippen LogP contribution in [0, 0.1) is 16.7 Å². The third kappa shape index (κ3) is 4.75. The Balaban J connectivity index is 2.98. The molecule has 0 aromatic rings. The molecule has 3 N–H and O–H groups in total. The van der Waals surface area contributed by atoms with E-state index < -0.39 is 39.9 Å². The Labute approximate surface area is 163 Å². The summed E-state index contributed by atoms with van der Waals surface area (Å²) in [4.78, 5) is 37.0. The fourth-order valence-electron chi connectivity index (χ4n) is 2.74. The third-order valence-corrected chi connectivity index (χ3v) is 5.72. The molecule has 0 aromatic carbocycles. The Morgan fingerprint density at radius 2 is 1.85 bits per heavy atom. The Morgan fingerprint density at radius 1 is 1.30 bits per heavy atom. The van der Waals surface area contributed by atoms with Gasteiger partial charge in [0.05, 0.1) is 4.91 Å². The van der Waals surface area contributed by atoms with Gasteiger partial charge in [0, 0.05) is 0 Å². The number of allylic oxidation sites excluding steroid dienone is 1. The molecule has 9 heteroatoms. The Morgan fingerprint density at radius 3 is 2.26 bits per heavy atom. The number of nitrogens with zero attached hydrogens (tertiary/aromatic N) is 1. The summed E-state index contributed by atoms with van der Waals surface area (Å²) < 4.78 is 5.29. The number of rotatable bonds is 5. The van der Waals surface area contributed by atoms with Gasteiger partial charge in [-0.2, -0.15) is 5.26 Å². The van der Waals surface area contributed by atoms with Crippen molar-refractivity contribution in [1.82, 2.24) is 10.6 Å². The molecule has 1 rings (SSSR count). The van der Waals surface area contributed by atoms with Crippen LogP contribution in [0.1, 0.15) is 54.9 Å². The second kappa shape index (κ2) is 7.80. The number of nitriles is 1. The van der Waals surface area contributed by atoms with Gasteiger partial charge >= 0.3 is 18.0 Å². The predicted octanol–water partition coefficient (Wildman–Crippen LogP) is 2.76. The number of amides is 2. The van der Waals surface area contributed by atoms with Crippen molar-refractivity contribution in [3.63, 3.8) is 0 Å². The third-order valence-electron chi connectivity index (χ3n) is 4.33. The van der Waals surface area contributed by atoms with Crippen LogP contribution < -0.4 is 10.6 Å². The van der Waals surface area contributed by atoms with Gasteiger partial charge in [-0.1, -0.05) is 18.7 Å². The highest BCUT2D eigenvalue weighted by molar-refractivity contribution is 8.04. The highest BCUT2D eigenvalue weighted by Crippen LogP contribution is 2.51. The zero-order valence-corrected chi connectivity index (χ0v) is 17.5. The molecular formula is C18H27N3O5S. The Bertz CT molecular complexity index is 717.